The fourth-order valence-electron chi connectivity index (χ4n) is 2.97. The molecule has 0 bridgehead atoms. The smallest absolute Gasteiger partial charge is 0.312 e. The summed E-state index contributed by atoms with van der Waals surface area (Å²) in [7, 11) is 0. The van der Waals surface area contributed by atoms with Gasteiger partial charge in [-0.05, 0) is 44.2 Å². The Bertz CT molecular complexity index is 522. The van der Waals surface area contributed by atoms with Crippen LogP contribution in [0.4, 0.5) is 4.79 Å². The number of unbranched alkanes of at least 4 members (excludes halogenated alkanes) is 1. The van der Waals surface area contributed by atoms with Crippen molar-refractivity contribution in [3.05, 3.63) is 29.6 Å². The molecule has 6 heteroatoms. The zero-order valence-electron chi connectivity index (χ0n) is 13.8. The lowest BCUT2D eigenvalue weighted by Gasteiger charge is -2.32. The molecule has 0 radical (unpaired) electrons. The second kappa shape index (κ2) is 8.50. The highest BCUT2D eigenvalue weighted by molar-refractivity contribution is 5.93. The van der Waals surface area contributed by atoms with Crippen LogP contribution in [0.15, 0.2) is 18.3 Å². The summed E-state index contributed by atoms with van der Waals surface area (Å²) in [5.41, 5.74) is 6.62. The highest BCUT2D eigenvalue weighted by Crippen LogP contribution is 2.23. The van der Waals surface area contributed by atoms with Gasteiger partial charge in [-0.25, -0.2) is 4.79 Å². The van der Waals surface area contributed by atoms with E-state index in [0.717, 1.165) is 50.9 Å². The number of urea groups is 1. The normalized spacial score (nSPS) is 15.4. The molecule has 0 atom stereocenters. The molecule has 1 aliphatic rings. The molecule has 126 valence electrons. The fraction of sp³-hybridized carbons (Fsp3) is 0.588. The summed E-state index contributed by atoms with van der Waals surface area (Å²) >= 11 is 0. The molecule has 0 unspecified atom stereocenters. The molecule has 0 aliphatic carbocycles. The summed E-state index contributed by atoms with van der Waals surface area (Å²) in [6.45, 7) is 4.19. The first-order valence-electron chi connectivity index (χ1n) is 8.31. The first-order chi connectivity index (χ1) is 11.1. The van der Waals surface area contributed by atoms with E-state index >= 15 is 0 Å². The standard InChI is InChI=1S/C17H26N4O2/c1-13-5-6-15(12-20-13)16(22)21-10-7-14(8-11-21)4-2-3-9-19-17(18)23/h5-6,12,14H,2-4,7-11H2,1H3,(H3,18,19,23). The van der Waals surface area contributed by atoms with Gasteiger partial charge in [-0.2, -0.15) is 0 Å². The van der Waals surface area contributed by atoms with Crippen LogP contribution in [0.2, 0.25) is 0 Å². The van der Waals surface area contributed by atoms with E-state index in [-0.39, 0.29) is 5.91 Å². The van der Waals surface area contributed by atoms with Crippen LogP contribution in [0.1, 0.15) is 48.2 Å². The number of nitrogens with one attached hydrogen (secondary N) is 1. The number of amides is 3. The number of carbonyl (C=O) groups excluding carboxylic acids is 2. The molecule has 1 fully saturated rings. The van der Waals surface area contributed by atoms with Gasteiger partial charge >= 0.3 is 6.03 Å². The maximum absolute atomic E-state index is 12.4. The monoisotopic (exact) mass is 318 g/mol. The number of rotatable bonds is 6. The van der Waals surface area contributed by atoms with E-state index in [9.17, 15) is 9.59 Å². The third kappa shape index (κ3) is 5.54. The lowest BCUT2D eigenvalue weighted by molar-refractivity contribution is 0.0685. The van der Waals surface area contributed by atoms with Crippen LogP contribution < -0.4 is 11.1 Å². The predicted molar refractivity (Wildman–Crippen MR) is 89.0 cm³/mol. The molecule has 2 heterocycles. The molecule has 23 heavy (non-hydrogen) atoms. The lowest BCUT2D eigenvalue weighted by atomic mass is 9.91. The van der Waals surface area contributed by atoms with E-state index in [1.54, 1.807) is 6.20 Å². The number of aryl methyl sites for hydroxylation is 1. The van der Waals surface area contributed by atoms with Gasteiger partial charge < -0.3 is 16.0 Å². The van der Waals surface area contributed by atoms with Gasteiger partial charge in [0.25, 0.3) is 5.91 Å². The van der Waals surface area contributed by atoms with Crippen LogP contribution in [0, 0.1) is 12.8 Å². The van der Waals surface area contributed by atoms with Crippen molar-refractivity contribution in [2.24, 2.45) is 11.7 Å². The van der Waals surface area contributed by atoms with Crippen LogP contribution in [0.5, 0.6) is 0 Å². The topological polar surface area (TPSA) is 88.3 Å². The number of nitrogens with zero attached hydrogens (tertiary/aromatic N) is 2. The molecular weight excluding hydrogens is 292 g/mol. The van der Waals surface area contributed by atoms with Crippen LogP contribution in [0.3, 0.4) is 0 Å². The number of primary amides is 1. The Morgan fingerprint density at radius 3 is 2.65 bits per heavy atom. The number of nitrogens with two attached hydrogens (primary N) is 1. The minimum atomic E-state index is -0.456. The van der Waals surface area contributed by atoms with Gasteiger partial charge in [0, 0.05) is 31.5 Å². The van der Waals surface area contributed by atoms with Crippen molar-refractivity contribution in [2.45, 2.75) is 39.0 Å². The molecule has 1 aromatic heterocycles. The van der Waals surface area contributed by atoms with Gasteiger partial charge in [0.2, 0.25) is 0 Å². The fourth-order valence-corrected chi connectivity index (χ4v) is 2.97. The Morgan fingerprint density at radius 2 is 2.04 bits per heavy atom. The molecule has 3 amide bonds. The quantitative estimate of drug-likeness (QED) is 0.787. The Balaban J connectivity index is 1.68. The molecule has 0 spiro atoms. The number of carbonyl (C=O) groups is 2. The zero-order chi connectivity index (χ0) is 16.7. The number of aromatic nitrogens is 1. The predicted octanol–water partition coefficient (Wildman–Crippen LogP) is 2.08. The third-order valence-corrected chi connectivity index (χ3v) is 4.40. The van der Waals surface area contributed by atoms with Gasteiger partial charge in [0.15, 0.2) is 0 Å². The van der Waals surface area contributed by atoms with E-state index in [4.69, 9.17) is 5.73 Å². The van der Waals surface area contributed by atoms with E-state index < -0.39 is 6.03 Å². The largest absolute Gasteiger partial charge is 0.352 e. The second-order valence-corrected chi connectivity index (χ2v) is 6.21. The van der Waals surface area contributed by atoms with E-state index in [2.05, 4.69) is 10.3 Å². The van der Waals surface area contributed by atoms with E-state index in [0.29, 0.717) is 18.0 Å². The lowest BCUT2D eigenvalue weighted by Crippen LogP contribution is -2.38. The second-order valence-electron chi connectivity index (χ2n) is 6.21. The SMILES string of the molecule is Cc1ccc(C(=O)N2CCC(CCCCNC(N)=O)CC2)cn1. The molecule has 2 rings (SSSR count). The van der Waals surface area contributed by atoms with Crippen molar-refractivity contribution in [2.75, 3.05) is 19.6 Å². The van der Waals surface area contributed by atoms with Gasteiger partial charge in [0.05, 0.1) is 5.56 Å². The number of hydrogen-bond donors (Lipinski definition) is 2. The van der Waals surface area contributed by atoms with Crippen LogP contribution >= 0.6 is 0 Å². The van der Waals surface area contributed by atoms with E-state index in [1.165, 1.54) is 0 Å². The molecule has 3 N–H and O–H groups in total. The maximum atomic E-state index is 12.4. The summed E-state index contributed by atoms with van der Waals surface area (Å²) in [6, 6.07) is 3.27. The Labute approximate surface area is 137 Å². The molecule has 0 aromatic carbocycles. The highest BCUT2D eigenvalue weighted by atomic mass is 16.2. The zero-order valence-corrected chi connectivity index (χ0v) is 13.8. The minimum Gasteiger partial charge on any atom is -0.352 e. The molecule has 6 nitrogen and oxygen atoms in total. The Kier molecular flexibility index (Phi) is 6.38. The van der Waals surface area contributed by atoms with E-state index in [1.807, 2.05) is 24.0 Å². The summed E-state index contributed by atoms with van der Waals surface area (Å²) in [6.07, 6.45) is 6.95. The summed E-state index contributed by atoms with van der Waals surface area (Å²) < 4.78 is 0. The molecule has 1 saturated heterocycles. The van der Waals surface area contributed by atoms with Crippen LogP contribution in [-0.2, 0) is 0 Å². The van der Waals surface area contributed by atoms with Crippen molar-refractivity contribution in [3.8, 4) is 0 Å². The first-order valence-corrected chi connectivity index (χ1v) is 8.31. The van der Waals surface area contributed by atoms with Crippen molar-refractivity contribution in [1.29, 1.82) is 0 Å². The first kappa shape index (κ1) is 17.2. The number of pyridine rings is 1. The number of likely N-dealkylation sites (tertiary alicyclic amines) is 1. The molecule has 1 aliphatic heterocycles. The van der Waals surface area contributed by atoms with Crippen LogP contribution in [0.25, 0.3) is 0 Å². The Morgan fingerprint density at radius 1 is 1.30 bits per heavy atom. The van der Waals surface area contributed by atoms with Crippen molar-refractivity contribution >= 4 is 11.9 Å². The average molecular weight is 318 g/mol. The highest BCUT2D eigenvalue weighted by Gasteiger charge is 2.23. The molecule has 1 aromatic rings. The number of piperidine rings is 1. The minimum absolute atomic E-state index is 0.0848. The molecule has 0 saturated carbocycles. The average Bonchev–Trinajstić information content (AvgIpc) is 2.55. The van der Waals surface area contributed by atoms with Crippen molar-refractivity contribution in [1.82, 2.24) is 15.2 Å². The van der Waals surface area contributed by atoms with Gasteiger partial charge in [-0.15, -0.1) is 0 Å². The van der Waals surface area contributed by atoms with Gasteiger partial charge in [-0.3, -0.25) is 9.78 Å². The summed E-state index contributed by atoms with van der Waals surface area (Å²) in [4.78, 5) is 29.1. The maximum Gasteiger partial charge on any atom is 0.312 e. The van der Waals surface area contributed by atoms with Crippen molar-refractivity contribution < 1.29 is 9.59 Å². The Hall–Kier alpha value is -2.11. The summed E-state index contributed by atoms with van der Waals surface area (Å²) in [5.74, 6) is 0.755. The van der Waals surface area contributed by atoms with Gasteiger partial charge in [0.1, 0.15) is 0 Å². The molecular formula is C17H26N4O2. The van der Waals surface area contributed by atoms with Gasteiger partial charge in [-0.1, -0.05) is 12.8 Å². The third-order valence-electron chi connectivity index (χ3n) is 4.40. The van der Waals surface area contributed by atoms with Crippen LogP contribution in [-0.4, -0.2) is 41.5 Å². The summed E-state index contributed by atoms with van der Waals surface area (Å²) in [5, 5.41) is 2.61. The van der Waals surface area contributed by atoms with Crippen molar-refractivity contribution in [3.63, 3.8) is 0 Å². The number of hydrogen-bond acceptors (Lipinski definition) is 3.